The highest BCUT2D eigenvalue weighted by molar-refractivity contribution is 6.02. The van der Waals surface area contributed by atoms with E-state index < -0.39 is 11.9 Å². The van der Waals surface area contributed by atoms with E-state index in [1.165, 1.54) is 4.90 Å². The van der Waals surface area contributed by atoms with Crippen LogP contribution in [0.5, 0.6) is 5.75 Å². The molecule has 1 aliphatic rings. The van der Waals surface area contributed by atoms with Gasteiger partial charge in [0.1, 0.15) is 18.4 Å². The number of hydrogen-bond acceptors (Lipinski definition) is 5. The third-order valence-corrected chi connectivity index (χ3v) is 4.32. The summed E-state index contributed by atoms with van der Waals surface area (Å²) < 4.78 is 7.28. The maximum atomic E-state index is 12.7. The summed E-state index contributed by atoms with van der Waals surface area (Å²) in [6, 6.07) is 11.9. The van der Waals surface area contributed by atoms with Crippen molar-refractivity contribution in [3.8, 4) is 5.75 Å². The van der Waals surface area contributed by atoms with E-state index in [0.717, 1.165) is 5.69 Å². The summed E-state index contributed by atoms with van der Waals surface area (Å²) in [6.45, 7) is 1.91. The number of likely N-dealkylation sites (N-methyl/N-ethyl adjacent to an activating group) is 1. The number of amides is 2. The fourth-order valence-electron chi connectivity index (χ4n) is 2.91. The summed E-state index contributed by atoms with van der Waals surface area (Å²) in [4.78, 5) is 30.9. The lowest BCUT2D eigenvalue weighted by Crippen LogP contribution is -2.49. The fourth-order valence-corrected chi connectivity index (χ4v) is 2.91. The number of carbonyl (C=O) groups excluding carboxylic acids is 2. The van der Waals surface area contributed by atoms with Crippen LogP contribution in [0.25, 0.3) is 5.65 Å². The Bertz CT molecular complexity index is 1010. The van der Waals surface area contributed by atoms with Gasteiger partial charge in [-0.2, -0.15) is 0 Å². The number of rotatable bonds is 2. The molecule has 0 saturated heterocycles. The van der Waals surface area contributed by atoms with Crippen molar-refractivity contribution in [3.05, 3.63) is 54.0 Å². The smallest absolute Gasteiger partial charge is 0.291 e. The maximum absolute atomic E-state index is 12.7. The zero-order valence-electron chi connectivity index (χ0n) is 14.3. The van der Waals surface area contributed by atoms with E-state index in [1.54, 1.807) is 29.8 Å². The van der Waals surface area contributed by atoms with Gasteiger partial charge in [0.05, 0.1) is 5.69 Å². The van der Waals surface area contributed by atoms with Crippen LogP contribution in [0.2, 0.25) is 0 Å². The molecule has 0 unspecified atom stereocenters. The van der Waals surface area contributed by atoms with E-state index in [4.69, 9.17) is 4.74 Å². The number of fused-ring (bicyclic) bond motifs is 2. The average molecular weight is 351 g/mol. The fraction of sp³-hybridized carbons (Fsp3) is 0.222. The Morgan fingerprint density at radius 2 is 2.04 bits per heavy atom. The normalized spacial score (nSPS) is 16.8. The lowest BCUT2D eigenvalue weighted by Gasteiger charge is -2.19. The van der Waals surface area contributed by atoms with Gasteiger partial charge in [0, 0.05) is 12.7 Å². The molecule has 3 heterocycles. The molecule has 1 N–H and O–H groups in total. The molecule has 4 rings (SSSR count). The summed E-state index contributed by atoms with van der Waals surface area (Å²) >= 11 is 0. The Morgan fingerprint density at radius 1 is 1.23 bits per heavy atom. The number of ether oxygens (including phenoxy) is 1. The topological polar surface area (TPSA) is 88.8 Å². The molecule has 0 spiro atoms. The molecule has 0 bridgehead atoms. The number of aryl methyl sites for hydroxylation is 1. The maximum Gasteiger partial charge on any atom is 0.291 e. The Hall–Kier alpha value is -3.42. The minimum absolute atomic E-state index is 0.0107. The molecule has 0 radical (unpaired) electrons. The molecule has 0 fully saturated rings. The number of para-hydroxylation sites is 2. The van der Waals surface area contributed by atoms with Crippen LogP contribution in [0.3, 0.4) is 0 Å². The van der Waals surface area contributed by atoms with Gasteiger partial charge in [0.2, 0.25) is 5.82 Å². The lowest BCUT2D eigenvalue weighted by atomic mass is 10.2. The van der Waals surface area contributed by atoms with Crippen LogP contribution >= 0.6 is 0 Å². The first kappa shape index (κ1) is 16.1. The van der Waals surface area contributed by atoms with E-state index in [9.17, 15) is 9.59 Å². The highest BCUT2D eigenvalue weighted by atomic mass is 16.5. The molecule has 2 aromatic heterocycles. The molecular formula is C18H17N5O3. The van der Waals surface area contributed by atoms with Crippen LogP contribution in [0.1, 0.15) is 16.3 Å². The summed E-state index contributed by atoms with van der Waals surface area (Å²) in [7, 11) is 1.65. The van der Waals surface area contributed by atoms with E-state index in [-0.39, 0.29) is 18.3 Å². The molecule has 1 atom stereocenters. The van der Waals surface area contributed by atoms with Crippen molar-refractivity contribution >= 4 is 23.1 Å². The summed E-state index contributed by atoms with van der Waals surface area (Å²) in [5.41, 5.74) is 2.09. The van der Waals surface area contributed by atoms with Gasteiger partial charge >= 0.3 is 0 Å². The Kier molecular flexibility index (Phi) is 3.80. The number of benzene rings is 1. The van der Waals surface area contributed by atoms with Gasteiger partial charge in [0.15, 0.2) is 5.65 Å². The molecule has 8 heteroatoms. The van der Waals surface area contributed by atoms with E-state index in [0.29, 0.717) is 17.1 Å². The van der Waals surface area contributed by atoms with Crippen molar-refractivity contribution in [3.63, 3.8) is 0 Å². The summed E-state index contributed by atoms with van der Waals surface area (Å²) in [5, 5.41) is 6.89. The van der Waals surface area contributed by atoms with Gasteiger partial charge in [0.25, 0.3) is 11.8 Å². The van der Waals surface area contributed by atoms with Gasteiger partial charge in [-0.1, -0.05) is 18.2 Å². The van der Waals surface area contributed by atoms with Gasteiger partial charge in [-0.3, -0.25) is 9.59 Å². The molecule has 0 aliphatic carbocycles. The van der Waals surface area contributed by atoms with Crippen molar-refractivity contribution in [2.75, 3.05) is 18.6 Å². The molecular weight excluding hydrogens is 334 g/mol. The first-order valence-corrected chi connectivity index (χ1v) is 8.17. The van der Waals surface area contributed by atoms with Crippen molar-refractivity contribution in [1.82, 2.24) is 19.9 Å². The second-order valence-electron chi connectivity index (χ2n) is 6.07. The molecule has 3 aromatic rings. The minimum atomic E-state index is -0.826. The number of hydrogen-bond donors (Lipinski definition) is 1. The zero-order valence-corrected chi connectivity index (χ0v) is 14.3. The van der Waals surface area contributed by atoms with Crippen LogP contribution in [0.15, 0.2) is 42.5 Å². The first-order chi connectivity index (χ1) is 12.5. The number of carbonyl (C=O) groups is 2. The molecule has 1 aromatic carbocycles. The molecule has 0 saturated carbocycles. The second kappa shape index (κ2) is 6.14. The van der Waals surface area contributed by atoms with Gasteiger partial charge in [-0.05, 0) is 31.2 Å². The van der Waals surface area contributed by atoms with E-state index >= 15 is 0 Å². The van der Waals surface area contributed by atoms with Crippen LogP contribution in [0.4, 0.5) is 5.69 Å². The Balaban J connectivity index is 1.57. The highest BCUT2D eigenvalue weighted by Gasteiger charge is 2.31. The molecule has 132 valence electrons. The van der Waals surface area contributed by atoms with E-state index in [1.807, 2.05) is 31.2 Å². The molecule has 26 heavy (non-hydrogen) atoms. The Morgan fingerprint density at radius 3 is 2.85 bits per heavy atom. The summed E-state index contributed by atoms with van der Waals surface area (Å²) in [6.07, 6.45) is 0. The highest BCUT2D eigenvalue weighted by Crippen LogP contribution is 2.29. The third-order valence-electron chi connectivity index (χ3n) is 4.32. The zero-order chi connectivity index (χ0) is 18.3. The lowest BCUT2D eigenvalue weighted by molar-refractivity contribution is -0.120. The molecule has 2 amide bonds. The third kappa shape index (κ3) is 2.65. The molecule has 1 aliphatic heterocycles. The predicted octanol–water partition coefficient (Wildman–Crippen LogP) is 1.19. The van der Waals surface area contributed by atoms with Crippen molar-refractivity contribution in [1.29, 1.82) is 0 Å². The monoisotopic (exact) mass is 351 g/mol. The SMILES string of the molecule is Cc1cccc2nc(C(=O)N[C@H]3COc4ccccc4N(C)C3=O)nn12. The largest absolute Gasteiger partial charge is 0.489 e. The number of nitrogens with one attached hydrogen (secondary N) is 1. The van der Waals surface area contributed by atoms with Crippen molar-refractivity contribution in [2.24, 2.45) is 0 Å². The van der Waals surface area contributed by atoms with Gasteiger partial charge in [-0.25, -0.2) is 9.50 Å². The van der Waals surface area contributed by atoms with Crippen LogP contribution in [-0.2, 0) is 4.79 Å². The standard InChI is InChI=1S/C18H17N5O3/c1-11-6-5-9-15-20-16(21-23(11)15)17(24)19-12-10-26-14-8-4-3-7-13(14)22(2)18(12)25/h3-9,12H,10H2,1-2H3,(H,19,24)/t12-/m0/s1. The average Bonchev–Trinajstić information content (AvgIpc) is 3.05. The van der Waals surface area contributed by atoms with Crippen molar-refractivity contribution < 1.29 is 14.3 Å². The first-order valence-electron chi connectivity index (χ1n) is 8.17. The number of anilines is 1. The number of nitrogens with zero attached hydrogens (tertiary/aromatic N) is 4. The van der Waals surface area contributed by atoms with Crippen molar-refractivity contribution in [2.45, 2.75) is 13.0 Å². The minimum Gasteiger partial charge on any atom is -0.489 e. The molecule has 8 nitrogen and oxygen atoms in total. The Labute approximate surface area is 149 Å². The van der Waals surface area contributed by atoms with Crippen LogP contribution in [0, 0.1) is 6.92 Å². The summed E-state index contributed by atoms with van der Waals surface area (Å²) in [5.74, 6) is -0.171. The van der Waals surface area contributed by atoms with Crippen LogP contribution in [-0.4, -0.2) is 46.1 Å². The van der Waals surface area contributed by atoms with Gasteiger partial charge < -0.3 is 15.0 Å². The van der Waals surface area contributed by atoms with Gasteiger partial charge in [-0.15, -0.1) is 5.10 Å². The number of pyridine rings is 1. The van der Waals surface area contributed by atoms with Crippen LogP contribution < -0.4 is 15.0 Å². The predicted molar refractivity (Wildman–Crippen MR) is 94.3 cm³/mol. The quantitative estimate of drug-likeness (QED) is 0.749. The van der Waals surface area contributed by atoms with E-state index in [2.05, 4.69) is 15.4 Å². The second-order valence-corrected chi connectivity index (χ2v) is 6.07. The number of aromatic nitrogens is 3.